The van der Waals surface area contributed by atoms with Crippen LogP contribution in [0, 0.1) is 5.92 Å². The highest BCUT2D eigenvalue weighted by atomic mass is 16.5. The van der Waals surface area contributed by atoms with Crippen LogP contribution in [0.1, 0.15) is 39.0 Å². The lowest BCUT2D eigenvalue weighted by molar-refractivity contribution is -0.151. The Balaban J connectivity index is 1.74. The number of nitrogens with zero attached hydrogens (tertiary/aromatic N) is 1. The molecule has 3 fully saturated rings. The smallest absolute Gasteiger partial charge is 0.327 e. The van der Waals surface area contributed by atoms with E-state index in [2.05, 4.69) is 17.1 Å². The number of hydrogen-bond donors (Lipinski definition) is 1. The van der Waals surface area contributed by atoms with E-state index in [1.807, 2.05) is 0 Å². The highest BCUT2D eigenvalue weighted by Gasteiger charge is 2.54. The monoisotopic (exact) mass is 296 g/mol. The average Bonchev–Trinajstić information content (AvgIpc) is 3.30. The third-order valence-electron chi connectivity index (χ3n) is 4.87. The largest absolute Gasteiger partial charge is 0.468 e. The van der Waals surface area contributed by atoms with Crippen LogP contribution < -0.4 is 5.32 Å². The van der Waals surface area contributed by atoms with E-state index in [1.165, 1.54) is 20.0 Å². The molecule has 1 N–H and O–H groups in total. The van der Waals surface area contributed by atoms with Crippen LogP contribution in [0.2, 0.25) is 0 Å². The minimum Gasteiger partial charge on any atom is -0.468 e. The number of ether oxygens (including phenoxy) is 2. The van der Waals surface area contributed by atoms with E-state index >= 15 is 0 Å². The van der Waals surface area contributed by atoms with Gasteiger partial charge in [0.1, 0.15) is 5.54 Å². The lowest BCUT2D eigenvalue weighted by atomic mass is 9.91. The number of esters is 1. The van der Waals surface area contributed by atoms with Gasteiger partial charge in [0.15, 0.2) is 0 Å². The van der Waals surface area contributed by atoms with Crippen molar-refractivity contribution in [2.75, 3.05) is 33.4 Å². The molecule has 0 radical (unpaired) electrons. The Labute approximate surface area is 127 Å². The molecular formula is C16H28N2O3. The molecule has 2 unspecified atom stereocenters. The van der Waals surface area contributed by atoms with Crippen molar-refractivity contribution in [1.82, 2.24) is 10.2 Å². The molecule has 0 spiro atoms. The number of rotatable bonds is 6. The van der Waals surface area contributed by atoms with Gasteiger partial charge in [-0.3, -0.25) is 10.2 Å². The number of hydrogen-bond acceptors (Lipinski definition) is 5. The van der Waals surface area contributed by atoms with Gasteiger partial charge in [0.05, 0.1) is 13.2 Å². The van der Waals surface area contributed by atoms with Crippen LogP contribution in [0.15, 0.2) is 0 Å². The first-order chi connectivity index (χ1) is 10.1. The lowest BCUT2D eigenvalue weighted by Gasteiger charge is -2.37. The molecule has 5 nitrogen and oxygen atoms in total. The fourth-order valence-electron chi connectivity index (χ4n) is 3.51. The summed E-state index contributed by atoms with van der Waals surface area (Å²) in [5.74, 6) is 0.361. The van der Waals surface area contributed by atoms with Crippen molar-refractivity contribution in [3.8, 4) is 0 Å². The number of nitrogens with one attached hydrogen (secondary N) is 1. The molecule has 21 heavy (non-hydrogen) atoms. The second-order valence-electron chi connectivity index (χ2n) is 6.93. The van der Waals surface area contributed by atoms with Crippen molar-refractivity contribution < 1.29 is 14.3 Å². The third-order valence-corrected chi connectivity index (χ3v) is 4.87. The summed E-state index contributed by atoms with van der Waals surface area (Å²) >= 11 is 0. The quantitative estimate of drug-likeness (QED) is 0.746. The second kappa shape index (κ2) is 6.23. The van der Waals surface area contributed by atoms with Gasteiger partial charge in [0.2, 0.25) is 0 Å². The molecule has 0 aromatic carbocycles. The molecule has 1 saturated heterocycles. The summed E-state index contributed by atoms with van der Waals surface area (Å²) in [4.78, 5) is 15.0. The van der Waals surface area contributed by atoms with Gasteiger partial charge in [-0.05, 0) is 44.9 Å². The SMILES string of the molecule is COC(=O)C(CN1CCCOC(C)C1)(NC1CC1)C1CC1. The van der Waals surface area contributed by atoms with Crippen molar-refractivity contribution in [3.05, 3.63) is 0 Å². The molecule has 0 bridgehead atoms. The lowest BCUT2D eigenvalue weighted by Crippen LogP contribution is -2.62. The van der Waals surface area contributed by atoms with Gasteiger partial charge in [-0.2, -0.15) is 0 Å². The van der Waals surface area contributed by atoms with Crippen LogP contribution in [0.5, 0.6) is 0 Å². The summed E-state index contributed by atoms with van der Waals surface area (Å²) in [5, 5.41) is 3.64. The Hall–Kier alpha value is -0.650. The fourth-order valence-corrected chi connectivity index (χ4v) is 3.51. The highest BCUT2D eigenvalue weighted by Crippen LogP contribution is 2.43. The molecule has 3 rings (SSSR count). The number of methoxy groups -OCH3 is 1. The average molecular weight is 296 g/mol. The minimum absolute atomic E-state index is 0.0743. The Kier molecular flexibility index (Phi) is 4.52. The van der Waals surface area contributed by atoms with Gasteiger partial charge in [-0.1, -0.05) is 0 Å². The molecule has 2 aliphatic carbocycles. The predicted octanol–water partition coefficient (Wildman–Crippen LogP) is 1.17. The van der Waals surface area contributed by atoms with Gasteiger partial charge in [0.25, 0.3) is 0 Å². The normalized spacial score (nSPS) is 30.5. The summed E-state index contributed by atoms with van der Waals surface area (Å²) < 4.78 is 10.9. The van der Waals surface area contributed by atoms with Gasteiger partial charge in [-0.15, -0.1) is 0 Å². The zero-order valence-corrected chi connectivity index (χ0v) is 13.3. The molecule has 0 amide bonds. The number of carbonyl (C=O) groups is 1. The maximum Gasteiger partial charge on any atom is 0.327 e. The van der Waals surface area contributed by atoms with E-state index < -0.39 is 5.54 Å². The standard InChI is InChI=1S/C16H28N2O3/c1-12-10-18(8-3-9-21-12)11-16(13-4-5-13,15(19)20-2)17-14-6-7-14/h12-14,17H,3-11H2,1-2H3. The van der Waals surface area contributed by atoms with Crippen LogP contribution in [-0.4, -0.2) is 61.9 Å². The summed E-state index contributed by atoms with van der Waals surface area (Å²) in [5.41, 5.74) is -0.500. The predicted molar refractivity (Wildman–Crippen MR) is 80.1 cm³/mol. The van der Waals surface area contributed by atoms with E-state index in [1.54, 1.807) is 0 Å². The molecule has 2 saturated carbocycles. The number of carbonyl (C=O) groups excluding carboxylic acids is 1. The summed E-state index contributed by atoms with van der Waals surface area (Å²) in [6.07, 6.45) is 5.91. The Morgan fingerprint density at radius 1 is 1.38 bits per heavy atom. The Bertz CT molecular complexity index is 382. The molecule has 1 aliphatic heterocycles. The Morgan fingerprint density at radius 2 is 2.14 bits per heavy atom. The van der Waals surface area contributed by atoms with E-state index in [9.17, 15) is 4.79 Å². The fraction of sp³-hybridized carbons (Fsp3) is 0.938. The van der Waals surface area contributed by atoms with E-state index in [4.69, 9.17) is 9.47 Å². The first-order valence-corrected chi connectivity index (χ1v) is 8.34. The first-order valence-electron chi connectivity index (χ1n) is 8.34. The van der Waals surface area contributed by atoms with Crippen molar-refractivity contribution in [2.24, 2.45) is 5.92 Å². The van der Waals surface area contributed by atoms with Gasteiger partial charge >= 0.3 is 5.97 Å². The molecular weight excluding hydrogens is 268 g/mol. The minimum atomic E-state index is -0.500. The topological polar surface area (TPSA) is 50.8 Å². The zero-order valence-electron chi connectivity index (χ0n) is 13.3. The Morgan fingerprint density at radius 3 is 2.76 bits per heavy atom. The molecule has 5 heteroatoms. The molecule has 120 valence electrons. The van der Waals surface area contributed by atoms with Crippen LogP contribution in [0.25, 0.3) is 0 Å². The zero-order chi connectivity index (χ0) is 14.9. The van der Waals surface area contributed by atoms with Crippen LogP contribution >= 0.6 is 0 Å². The van der Waals surface area contributed by atoms with E-state index in [0.29, 0.717) is 12.0 Å². The van der Waals surface area contributed by atoms with Crippen molar-refractivity contribution in [1.29, 1.82) is 0 Å². The maximum atomic E-state index is 12.6. The van der Waals surface area contributed by atoms with Gasteiger partial charge in [-0.25, -0.2) is 4.79 Å². The van der Waals surface area contributed by atoms with Crippen LogP contribution in [0.3, 0.4) is 0 Å². The van der Waals surface area contributed by atoms with Crippen LogP contribution in [-0.2, 0) is 14.3 Å². The second-order valence-corrected chi connectivity index (χ2v) is 6.93. The first kappa shape index (κ1) is 15.3. The van der Waals surface area contributed by atoms with E-state index in [-0.39, 0.29) is 12.1 Å². The molecule has 0 aromatic heterocycles. The van der Waals surface area contributed by atoms with Crippen LogP contribution in [0.4, 0.5) is 0 Å². The molecule has 0 aromatic rings. The summed E-state index contributed by atoms with van der Waals surface area (Å²) in [6, 6.07) is 0.505. The van der Waals surface area contributed by atoms with Crippen molar-refractivity contribution >= 4 is 5.97 Å². The van der Waals surface area contributed by atoms with Gasteiger partial charge in [0, 0.05) is 32.3 Å². The third kappa shape index (κ3) is 3.58. The van der Waals surface area contributed by atoms with E-state index in [0.717, 1.165) is 45.5 Å². The van der Waals surface area contributed by atoms with Crippen molar-refractivity contribution in [2.45, 2.75) is 56.7 Å². The summed E-state index contributed by atoms with van der Waals surface area (Å²) in [6.45, 7) is 5.60. The molecule has 1 heterocycles. The molecule has 2 atom stereocenters. The highest BCUT2D eigenvalue weighted by molar-refractivity contribution is 5.82. The molecule has 3 aliphatic rings. The van der Waals surface area contributed by atoms with Crippen molar-refractivity contribution in [3.63, 3.8) is 0 Å². The maximum absolute atomic E-state index is 12.6. The summed E-state index contributed by atoms with van der Waals surface area (Å²) in [7, 11) is 1.52. The van der Waals surface area contributed by atoms with Gasteiger partial charge < -0.3 is 9.47 Å².